The van der Waals surface area contributed by atoms with Crippen LogP contribution in [-0.2, 0) is 6.54 Å². The third kappa shape index (κ3) is 3.42. The van der Waals surface area contributed by atoms with Crippen LogP contribution < -0.4 is 0 Å². The Morgan fingerprint density at radius 2 is 2.06 bits per heavy atom. The fraction of sp³-hybridized carbons (Fsp3) is 0.385. The lowest BCUT2D eigenvalue weighted by atomic mass is 10.2. The summed E-state index contributed by atoms with van der Waals surface area (Å²) in [5.41, 5.74) is 1.40. The lowest BCUT2D eigenvalue weighted by molar-refractivity contribution is 0.297. The molecule has 0 unspecified atom stereocenters. The van der Waals surface area contributed by atoms with Crippen molar-refractivity contribution in [3.8, 4) is 0 Å². The molecule has 0 aliphatic heterocycles. The van der Waals surface area contributed by atoms with Gasteiger partial charge in [0.2, 0.25) is 0 Å². The van der Waals surface area contributed by atoms with Gasteiger partial charge < -0.3 is 0 Å². The van der Waals surface area contributed by atoms with Gasteiger partial charge in [-0.2, -0.15) is 0 Å². The fourth-order valence-electron chi connectivity index (χ4n) is 1.57. The van der Waals surface area contributed by atoms with E-state index in [0.717, 1.165) is 18.2 Å². The molecule has 0 N–H and O–H groups in total. The van der Waals surface area contributed by atoms with Gasteiger partial charge in [-0.15, -0.1) is 0 Å². The van der Waals surface area contributed by atoms with Crippen molar-refractivity contribution in [3.63, 3.8) is 0 Å². The predicted molar refractivity (Wildman–Crippen MR) is 62.1 cm³/mol. The summed E-state index contributed by atoms with van der Waals surface area (Å²) in [4.78, 5) is 2.01. The summed E-state index contributed by atoms with van der Waals surface area (Å²) < 4.78 is 26.4. The minimum Gasteiger partial charge on any atom is -0.295 e. The van der Waals surface area contributed by atoms with Gasteiger partial charge in [0, 0.05) is 18.7 Å². The monoisotopic (exact) mass is 225 g/mol. The molecule has 0 saturated carbocycles. The van der Waals surface area contributed by atoms with Crippen molar-refractivity contribution < 1.29 is 8.78 Å². The molecule has 1 rings (SSSR count). The molecule has 0 aliphatic carbocycles. The summed E-state index contributed by atoms with van der Waals surface area (Å²) in [5.74, 6) is -1.54. The van der Waals surface area contributed by atoms with Crippen molar-refractivity contribution in [2.75, 3.05) is 13.1 Å². The standard InChI is InChI=1S/C13H17F2N/c1-4-16(8-10(2)3)9-11-6-5-7-12(14)13(11)15/h5-7H,2,4,8-9H2,1,3H3. The lowest BCUT2D eigenvalue weighted by Crippen LogP contribution is -2.25. The highest BCUT2D eigenvalue weighted by molar-refractivity contribution is 5.19. The maximum Gasteiger partial charge on any atom is 0.163 e. The Hall–Kier alpha value is -1.22. The molecule has 0 amide bonds. The normalized spacial score (nSPS) is 10.8. The van der Waals surface area contributed by atoms with E-state index in [4.69, 9.17) is 0 Å². The maximum absolute atomic E-state index is 13.4. The van der Waals surface area contributed by atoms with Crippen LogP contribution in [0.15, 0.2) is 30.4 Å². The molecule has 0 atom stereocenters. The maximum atomic E-state index is 13.4. The third-order valence-corrected chi connectivity index (χ3v) is 2.37. The summed E-state index contributed by atoms with van der Waals surface area (Å²) in [6.07, 6.45) is 0. The van der Waals surface area contributed by atoms with E-state index in [-0.39, 0.29) is 0 Å². The number of likely N-dealkylation sites (N-methyl/N-ethyl adjacent to an activating group) is 1. The van der Waals surface area contributed by atoms with Crippen molar-refractivity contribution in [3.05, 3.63) is 47.5 Å². The van der Waals surface area contributed by atoms with E-state index in [0.29, 0.717) is 18.7 Å². The van der Waals surface area contributed by atoms with E-state index < -0.39 is 11.6 Å². The number of hydrogen-bond acceptors (Lipinski definition) is 1. The zero-order valence-corrected chi connectivity index (χ0v) is 9.76. The number of hydrogen-bond donors (Lipinski definition) is 0. The summed E-state index contributed by atoms with van der Waals surface area (Å²) in [7, 11) is 0. The molecule has 1 aromatic carbocycles. The number of nitrogens with zero attached hydrogens (tertiary/aromatic N) is 1. The molecule has 16 heavy (non-hydrogen) atoms. The Bertz CT molecular complexity index is 374. The van der Waals surface area contributed by atoms with Crippen LogP contribution in [0.4, 0.5) is 8.78 Å². The van der Waals surface area contributed by atoms with Crippen LogP contribution in [0.25, 0.3) is 0 Å². The molecule has 1 nitrogen and oxygen atoms in total. The molecule has 0 aliphatic rings. The van der Waals surface area contributed by atoms with E-state index in [9.17, 15) is 8.78 Å². The largest absolute Gasteiger partial charge is 0.295 e. The Labute approximate surface area is 95.4 Å². The molecule has 0 radical (unpaired) electrons. The van der Waals surface area contributed by atoms with Gasteiger partial charge in [0.25, 0.3) is 0 Å². The first-order valence-corrected chi connectivity index (χ1v) is 5.34. The smallest absolute Gasteiger partial charge is 0.163 e. The Morgan fingerprint density at radius 3 is 2.62 bits per heavy atom. The highest BCUT2D eigenvalue weighted by Crippen LogP contribution is 2.14. The van der Waals surface area contributed by atoms with Crippen LogP contribution in [-0.4, -0.2) is 18.0 Å². The molecule has 0 saturated heterocycles. The van der Waals surface area contributed by atoms with Crippen LogP contribution in [0.5, 0.6) is 0 Å². The Morgan fingerprint density at radius 1 is 1.38 bits per heavy atom. The van der Waals surface area contributed by atoms with Crippen molar-refractivity contribution in [1.29, 1.82) is 0 Å². The minimum atomic E-state index is -0.788. The van der Waals surface area contributed by atoms with Gasteiger partial charge in [0.05, 0.1) is 0 Å². The van der Waals surface area contributed by atoms with Crippen LogP contribution in [0.1, 0.15) is 19.4 Å². The van der Waals surface area contributed by atoms with Gasteiger partial charge in [0.15, 0.2) is 11.6 Å². The highest BCUT2D eigenvalue weighted by atomic mass is 19.2. The van der Waals surface area contributed by atoms with Crippen LogP contribution in [0.3, 0.4) is 0 Å². The van der Waals surface area contributed by atoms with Crippen LogP contribution in [0.2, 0.25) is 0 Å². The molecule has 0 heterocycles. The zero-order valence-electron chi connectivity index (χ0n) is 9.76. The zero-order chi connectivity index (χ0) is 12.1. The molecule has 0 spiro atoms. The second-order valence-corrected chi connectivity index (χ2v) is 3.97. The molecule has 0 aromatic heterocycles. The predicted octanol–water partition coefficient (Wildman–Crippen LogP) is 3.36. The number of rotatable bonds is 5. The fourth-order valence-corrected chi connectivity index (χ4v) is 1.57. The minimum absolute atomic E-state index is 0.392. The lowest BCUT2D eigenvalue weighted by Gasteiger charge is -2.20. The summed E-state index contributed by atoms with van der Waals surface area (Å²) in [5, 5.41) is 0. The summed E-state index contributed by atoms with van der Waals surface area (Å²) in [6, 6.07) is 4.27. The van der Waals surface area contributed by atoms with Gasteiger partial charge in [-0.3, -0.25) is 4.90 Å². The molecule has 1 aromatic rings. The second-order valence-electron chi connectivity index (χ2n) is 3.97. The van der Waals surface area contributed by atoms with E-state index >= 15 is 0 Å². The van der Waals surface area contributed by atoms with Crippen molar-refractivity contribution >= 4 is 0 Å². The number of benzene rings is 1. The first-order valence-electron chi connectivity index (χ1n) is 5.34. The average Bonchev–Trinajstić information content (AvgIpc) is 2.23. The van der Waals surface area contributed by atoms with Crippen molar-refractivity contribution in [2.45, 2.75) is 20.4 Å². The molecular weight excluding hydrogens is 208 g/mol. The molecule has 0 bridgehead atoms. The topological polar surface area (TPSA) is 3.24 Å². The van der Waals surface area contributed by atoms with Crippen LogP contribution >= 0.6 is 0 Å². The Kier molecular flexibility index (Phi) is 4.62. The van der Waals surface area contributed by atoms with Gasteiger partial charge >= 0.3 is 0 Å². The first-order chi connectivity index (χ1) is 7.54. The van der Waals surface area contributed by atoms with Gasteiger partial charge in [-0.1, -0.05) is 31.2 Å². The molecule has 88 valence electrons. The first kappa shape index (κ1) is 12.8. The quantitative estimate of drug-likeness (QED) is 0.694. The van der Waals surface area contributed by atoms with Gasteiger partial charge in [-0.25, -0.2) is 8.78 Å². The van der Waals surface area contributed by atoms with E-state index in [1.54, 1.807) is 6.07 Å². The highest BCUT2D eigenvalue weighted by Gasteiger charge is 2.10. The molecule has 0 fully saturated rings. The van der Waals surface area contributed by atoms with Crippen molar-refractivity contribution in [2.24, 2.45) is 0 Å². The van der Waals surface area contributed by atoms with Crippen molar-refractivity contribution in [1.82, 2.24) is 4.90 Å². The third-order valence-electron chi connectivity index (χ3n) is 2.37. The van der Waals surface area contributed by atoms with E-state index in [1.165, 1.54) is 6.07 Å². The van der Waals surface area contributed by atoms with Crippen LogP contribution in [0, 0.1) is 11.6 Å². The van der Waals surface area contributed by atoms with Gasteiger partial charge in [0.1, 0.15) is 0 Å². The molecular formula is C13H17F2N. The Balaban J connectivity index is 2.77. The van der Waals surface area contributed by atoms with Gasteiger partial charge in [-0.05, 0) is 19.5 Å². The van der Waals surface area contributed by atoms with E-state index in [1.807, 2.05) is 18.7 Å². The summed E-state index contributed by atoms with van der Waals surface area (Å²) in [6.45, 7) is 9.61. The van der Waals surface area contributed by atoms with E-state index in [2.05, 4.69) is 6.58 Å². The SMILES string of the molecule is C=C(C)CN(CC)Cc1cccc(F)c1F. The second kappa shape index (κ2) is 5.75. The average molecular weight is 225 g/mol. The number of halogens is 2. The molecule has 3 heteroatoms. The summed E-state index contributed by atoms with van der Waals surface area (Å²) >= 11 is 0.